The van der Waals surface area contributed by atoms with Crippen molar-refractivity contribution in [2.45, 2.75) is 58.1 Å². The van der Waals surface area contributed by atoms with E-state index >= 15 is 0 Å². The fraction of sp³-hybridized carbons (Fsp3) is 0.310. The molecule has 1 unspecified atom stereocenters. The zero-order valence-electron chi connectivity index (χ0n) is 22.6. The molecule has 3 rings (SSSR count). The number of anilines is 1. The fourth-order valence-corrected chi connectivity index (χ4v) is 5.70. The number of hydrogen-bond acceptors (Lipinski definition) is 4. The maximum Gasteiger partial charge on any atom is 0.264 e. The van der Waals surface area contributed by atoms with Gasteiger partial charge in [0.2, 0.25) is 11.8 Å². The molecule has 0 radical (unpaired) electrons. The van der Waals surface area contributed by atoms with E-state index in [0.29, 0.717) is 21.3 Å². The fourth-order valence-electron chi connectivity index (χ4n) is 3.95. The molecule has 0 saturated carbocycles. The van der Waals surface area contributed by atoms with Crippen molar-refractivity contribution < 1.29 is 18.0 Å². The highest BCUT2D eigenvalue weighted by molar-refractivity contribution is 7.92. The summed E-state index contributed by atoms with van der Waals surface area (Å²) in [5, 5.41) is 3.50. The van der Waals surface area contributed by atoms with Crippen molar-refractivity contribution in [3.05, 3.63) is 93.5 Å². The van der Waals surface area contributed by atoms with Crippen LogP contribution in [0.5, 0.6) is 0 Å². The average molecular weight is 591 g/mol. The first-order chi connectivity index (χ1) is 18.3. The van der Waals surface area contributed by atoms with Gasteiger partial charge in [-0.2, -0.15) is 0 Å². The molecule has 1 N–H and O–H groups in total. The van der Waals surface area contributed by atoms with Gasteiger partial charge in [-0.3, -0.25) is 13.9 Å². The molecular formula is C29H33Cl2N3O4S. The first-order valence-electron chi connectivity index (χ1n) is 12.5. The van der Waals surface area contributed by atoms with E-state index in [1.165, 1.54) is 17.0 Å². The zero-order chi connectivity index (χ0) is 28.9. The Morgan fingerprint density at radius 2 is 1.54 bits per heavy atom. The van der Waals surface area contributed by atoms with E-state index in [0.717, 1.165) is 15.4 Å². The largest absolute Gasteiger partial charge is 0.352 e. The van der Waals surface area contributed by atoms with Gasteiger partial charge in [-0.1, -0.05) is 53.5 Å². The van der Waals surface area contributed by atoms with E-state index in [1.807, 2.05) is 33.8 Å². The Labute approximate surface area is 240 Å². The number of carbonyl (C=O) groups excluding carboxylic acids is 2. The average Bonchev–Trinajstić information content (AvgIpc) is 2.89. The van der Waals surface area contributed by atoms with E-state index in [9.17, 15) is 18.0 Å². The summed E-state index contributed by atoms with van der Waals surface area (Å²) in [6.07, 6.45) is 0. The van der Waals surface area contributed by atoms with Gasteiger partial charge >= 0.3 is 0 Å². The lowest BCUT2D eigenvalue weighted by molar-refractivity contribution is -0.139. The Hall–Kier alpha value is -3.07. The number of hydrogen-bond donors (Lipinski definition) is 1. The van der Waals surface area contributed by atoms with Gasteiger partial charge in [0.05, 0.1) is 20.6 Å². The van der Waals surface area contributed by atoms with Crippen LogP contribution in [0.25, 0.3) is 0 Å². The molecule has 10 heteroatoms. The molecule has 0 bridgehead atoms. The van der Waals surface area contributed by atoms with Crippen molar-refractivity contribution in [2.75, 3.05) is 10.8 Å². The van der Waals surface area contributed by atoms with Crippen LogP contribution in [0.1, 0.15) is 37.5 Å². The standard InChI is InChI=1S/C29H33Cl2N3O4S/c1-19(2)32-29(36)22(5)33(17-23-12-14-26(30)27(31)16-23)28(35)18-34(24-13-11-20(3)21(4)15-24)39(37,38)25-9-7-6-8-10-25/h6-16,19,22H,17-18H2,1-5H3,(H,32,36). The third-order valence-electron chi connectivity index (χ3n) is 6.32. The van der Waals surface area contributed by atoms with Gasteiger partial charge in [-0.05, 0) is 87.7 Å². The molecule has 0 aliphatic carbocycles. The summed E-state index contributed by atoms with van der Waals surface area (Å²) >= 11 is 12.3. The van der Waals surface area contributed by atoms with Gasteiger partial charge in [0.15, 0.2) is 0 Å². The van der Waals surface area contributed by atoms with E-state index < -0.39 is 28.5 Å². The minimum atomic E-state index is -4.12. The molecular weight excluding hydrogens is 557 g/mol. The van der Waals surface area contributed by atoms with Crippen LogP contribution in [0.15, 0.2) is 71.6 Å². The molecule has 0 saturated heterocycles. The Bertz CT molecular complexity index is 1450. The topological polar surface area (TPSA) is 86.8 Å². The highest BCUT2D eigenvalue weighted by Crippen LogP contribution is 2.27. The van der Waals surface area contributed by atoms with Crippen LogP contribution < -0.4 is 9.62 Å². The second-order valence-corrected chi connectivity index (χ2v) is 12.4. The molecule has 0 spiro atoms. The number of halogens is 2. The Morgan fingerprint density at radius 3 is 2.13 bits per heavy atom. The number of carbonyl (C=O) groups is 2. The quantitative estimate of drug-likeness (QED) is 0.326. The van der Waals surface area contributed by atoms with Crippen LogP contribution in [-0.2, 0) is 26.2 Å². The Morgan fingerprint density at radius 1 is 0.872 bits per heavy atom. The van der Waals surface area contributed by atoms with Crippen LogP contribution >= 0.6 is 23.2 Å². The number of sulfonamides is 1. The second-order valence-electron chi connectivity index (χ2n) is 9.70. The molecule has 3 aromatic rings. The Balaban J connectivity index is 2.06. The molecule has 208 valence electrons. The van der Waals surface area contributed by atoms with Crippen LogP contribution in [0.3, 0.4) is 0 Å². The molecule has 1 atom stereocenters. The smallest absolute Gasteiger partial charge is 0.264 e. The van der Waals surface area contributed by atoms with Crippen LogP contribution in [-0.4, -0.2) is 43.8 Å². The number of rotatable bonds is 10. The lowest BCUT2D eigenvalue weighted by Gasteiger charge is -2.32. The van der Waals surface area contributed by atoms with E-state index in [4.69, 9.17) is 23.2 Å². The number of aryl methyl sites for hydroxylation is 2. The SMILES string of the molecule is Cc1ccc(N(CC(=O)N(Cc2ccc(Cl)c(Cl)c2)C(C)C(=O)NC(C)C)S(=O)(=O)c2ccccc2)cc1C. The van der Waals surface area contributed by atoms with Crippen molar-refractivity contribution in [1.29, 1.82) is 0 Å². The molecule has 0 aliphatic heterocycles. The summed E-state index contributed by atoms with van der Waals surface area (Å²) in [4.78, 5) is 28.3. The molecule has 2 amide bonds. The molecule has 39 heavy (non-hydrogen) atoms. The number of nitrogens with zero attached hydrogens (tertiary/aromatic N) is 2. The maximum absolute atomic E-state index is 13.9. The van der Waals surface area contributed by atoms with Crippen molar-refractivity contribution in [3.8, 4) is 0 Å². The highest BCUT2D eigenvalue weighted by atomic mass is 35.5. The number of benzene rings is 3. The van der Waals surface area contributed by atoms with Crippen LogP contribution in [0, 0.1) is 13.8 Å². The van der Waals surface area contributed by atoms with Crippen LogP contribution in [0.4, 0.5) is 5.69 Å². The summed E-state index contributed by atoms with van der Waals surface area (Å²) in [7, 11) is -4.12. The third kappa shape index (κ3) is 7.53. The molecule has 0 heterocycles. The first-order valence-corrected chi connectivity index (χ1v) is 14.7. The van der Waals surface area contributed by atoms with Gasteiger partial charge < -0.3 is 10.2 Å². The van der Waals surface area contributed by atoms with Gasteiger partial charge in [0.25, 0.3) is 10.0 Å². The normalized spacial score (nSPS) is 12.2. The predicted molar refractivity (Wildman–Crippen MR) is 157 cm³/mol. The summed E-state index contributed by atoms with van der Waals surface area (Å²) in [6, 6.07) is 17.1. The summed E-state index contributed by atoms with van der Waals surface area (Å²) < 4.78 is 28.7. The van der Waals surface area contributed by atoms with Crippen molar-refractivity contribution in [1.82, 2.24) is 10.2 Å². The molecule has 0 fully saturated rings. The van der Waals surface area contributed by atoms with E-state index in [1.54, 1.807) is 55.5 Å². The molecule has 3 aromatic carbocycles. The lowest BCUT2D eigenvalue weighted by atomic mass is 10.1. The highest BCUT2D eigenvalue weighted by Gasteiger charge is 2.32. The molecule has 0 aliphatic rings. The minimum Gasteiger partial charge on any atom is -0.352 e. The number of amides is 2. The summed E-state index contributed by atoms with van der Waals surface area (Å²) in [5.74, 6) is -0.910. The van der Waals surface area contributed by atoms with E-state index in [2.05, 4.69) is 5.32 Å². The van der Waals surface area contributed by atoms with Crippen molar-refractivity contribution in [3.63, 3.8) is 0 Å². The van der Waals surface area contributed by atoms with Gasteiger partial charge in [0, 0.05) is 12.6 Å². The monoisotopic (exact) mass is 589 g/mol. The van der Waals surface area contributed by atoms with Gasteiger partial charge in [0.1, 0.15) is 12.6 Å². The summed E-state index contributed by atoms with van der Waals surface area (Å²) in [6.45, 7) is 8.57. The minimum absolute atomic E-state index is 0.0224. The van der Waals surface area contributed by atoms with Gasteiger partial charge in [-0.15, -0.1) is 0 Å². The second kappa shape index (κ2) is 12.9. The summed E-state index contributed by atoms with van der Waals surface area (Å²) in [5.41, 5.74) is 2.86. The van der Waals surface area contributed by atoms with Gasteiger partial charge in [-0.25, -0.2) is 8.42 Å². The molecule has 0 aromatic heterocycles. The maximum atomic E-state index is 13.9. The van der Waals surface area contributed by atoms with Crippen molar-refractivity contribution in [2.24, 2.45) is 0 Å². The third-order valence-corrected chi connectivity index (χ3v) is 8.85. The molecule has 7 nitrogen and oxygen atoms in total. The lowest BCUT2D eigenvalue weighted by Crippen LogP contribution is -2.52. The zero-order valence-corrected chi connectivity index (χ0v) is 24.9. The van der Waals surface area contributed by atoms with E-state index in [-0.39, 0.29) is 23.4 Å². The van der Waals surface area contributed by atoms with Crippen molar-refractivity contribution >= 4 is 50.7 Å². The Kier molecular flexibility index (Phi) is 10.0. The predicted octanol–water partition coefficient (Wildman–Crippen LogP) is 5.75. The number of nitrogens with one attached hydrogen (secondary N) is 1. The first kappa shape index (κ1) is 30.5. The van der Waals surface area contributed by atoms with Crippen LogP contribution in [0.2, 0.25) is 10.0 Å².